The molecule has 1 aliphatic heterocycles. The largest absolute Gasteiger partial charge is 0.373 e. The van der Waals surface area contributed by atoms with Gasteiger partial charge in [0.1, 0.15) is 17.2 Å². The third-order valence-corrected chi connectivity index (χ3v) is 5.74. The van der Waals surface area contributed by atoms with Crippen molar-refractivity contribution in [1.29, 1.82) is 0 Å². The first-order chi connectivity index (χ1) is 15.8. The van der Waals surface area contributed by atoms with Gasteiger partial charge in [-0.3, -0.25) is 9.59 Å². The first-order valence-electron chi connectivity index (χ1n) is 10.1. The van der Waals surface area contributed by atoms with Gasteiger partial charge in [0, 0.05) is 48.7 Å². The molecule has 0 aliphatic carbocycles. The number of hydrogen-bond donors (Lipinski definition) is 2. The predicted octanol–water partition coefficient (Wildman–Crippen LogP) is 2.24. The van der Waals surface area contributed by atoms with Crippen molar-refractivity contribution >= 4 is 22.7 Å². The molecule has 3 heterocycles. The van der Waals surface area contributed by atoms with Crippen molar-refractivity contribution in [2.45, 2.75) is 12.0 Å². The number of aromatic nitrogens is 3. The highest BCUT2D eigenvalue weighted by molar-refractivity contribution is 6.04. The summed E-state index contributed by atoms with van der Waals surface area (Å²) in [4.78, 5) is 34.4. The van der Waals surface area contributed by atoms with Crippen molar-refractivity contribution in [3.63, 3.8) is 0 Å². The highest BCUT2D eigenvalue weighted by Gasteiger charge is 2.48. The van der Waals surface area contributed by atoms with E-state index in [4.69, 9.17) is 10.3 Å². The molecule has 2 amide bonds. The van der Waals surface area contributed by atoms with Crippen molar-refractivity contribution in [1.82, 2.24) is 20.0 Å². The number of nitrogens with zero attached hydrogens (tertiary/aromatic N) is 4. The quantitative estimate of drug-likeness (QED) is 0.490. The molecule has 1 atom stereocenters. The van der Waals surface area contributed by atoms with E-state index in [1.54, 1.807) is 31.3 Å². The Hall–Kier alpha value is -4.18. The summed E-state index contributed by atoms with van der Waals surface area (Å²) in [6.45, 7) is 0.406. The van der Waals surface area contributed by atoms with Crippen LogP contribution in [-0.2, 0) is 10.4 Å². The van der Waals surface area contributed by atoms with Gasteiger partial charge in [-0.05, 0) is 18.2 Å². The number of primary amides is 1. The molecule has 0 radical (unpaired) electrons. The van der Waals surface area contributed by atoms with Gasteiger partial charge in [0.05, 0.1) is 5.52 Å². The van der Waals surface area contributed by atoms with Crippen molar-refractivity contribution in [2.75, 3.05) is 13.6 Å². The minimum Gasteiger partial charge on any atom is -0.373 e. The second-order valence-corrected chi connectivity index (χ2v) is 7.92. The number of fused-ring (bicyclic) bond motifs is 1. The second-order valence-electron chi connectivity index (χ2n) is 7.92. The number of benzene rings is 2. The highest BCUT2D eigenvalue weighted by atomic mass is 19.1. The number of halogens is 1. The van der Waals surface area contributed by atoms with Crippen LogP contribution in [0.4, 0.5) is 4.39 Å². The lowest BCUT2D eigenvalue weighted by Gasteiger charge is -2.16. The smallest absolute Gasteiger partial charge is 0.268 e. The number of hydrogen-bond acceptors (Lipinski definition) is 7. The molecule has 4 aromatic rings. The van der Waals surface area contributed by atoms with Crippen LogP contribution in [0.1, 0.15) is 22.7 Å². The Kier molecular flexibility index (Phi) is 4.68. The van der Waals surface area contributed by atoms with E-state index in [0.29, 0.717) is 28.8 Å². The van der Waals surface area contributed by atoms with Crippen LogP contribution in [0.5, 0.6) is 0 Å². The Morgan fingerprint density at radius 1 is 1.18 bits per heavy atom. The summed E-state index contributed by atoms with van der Waals surface area (Å²) in [5.74, 6) is -1.47. The van der Waals surface area contributed by atoms with Crippen LogP contribution in [-0.4, -0.2) is 50.5 Å². The van der Waals surface area contributed by atoms with E-state index in [9.17, 15) is 19.1 Å². The first-order valence-corrected chi connectivity index (χ1v) is 10.1. The van der Waals surface area contributed by atoms with Gasteiger partial charge in [-0.15, -0.1) is 0 Å². The lowest BCUT2D eigenvalue weighted by molar-refractivity contribution is -0.144. The number of rotatable bonds is 4. The summed E-state index contributed by atoms with van der Waals surface area (Å²) >= 11 is 0. The Morgan fingerprint density at radius 2 is 1.97 bits per heavy atom. The average molecular weight is 447 g/mol. The molecule has 10 heteroatoms. The SMILES string of the molecule is CN1CC[C@@](O)(c2cc(-c3cccc(-c4nc(C(N)=O)c5ccc(F)cc5n4)c3)no2)C1=O. The third kappa shape index (κ3) is 3.40. The summed E-state index contributed by atoms with van der Waals surface area (Å²) in [7, 11) is 1.61. The van der Waals surface area contributed by atoms with Crippen molar-refractivity contribution in [3.05, 3.63) is 65.8 Å². The van der Waals surface area contributed by atoms with Crippen LogP contribution >= 0.6 is 0 Å². The van der Waals surface area contributed by atoms with Crippen LogP contribution in [0, 0.1) is 5.82 Å². The molecule has 0 bridgehead atoms. The molecule has 0 unspecified atom stereocenters. The van der Waals surface area contributed by atoms with E-state index in [-0.39, 0.29) is 29.2 Å². The number of amides is 2. The van der Waals surface area contributed by atoms with Gasteiger partial charge in [0.2, 0.25) is 5.60 Å². The fraction of sp³-hybridized carbons (Fsp3) is 0.174. The average Bonchev–Trinajstić information content (AvgIpc) is 3.40. The van der Waals surface area contributed by atoms with Crippen LogP contribution < -0.4 is 5.73 Å². The second kappa shape index (κ2) is 7.45. The molecule has 0 saturated carbocycles. The van der Waals surface area contributed by atoms with Gasteiger partial charge in [0.15, 0.2) is 11.6 Å². The Morgan fingerprint density at radius 3 is 2.70 bits per heavy atom. The van der Waals surface area contributed by atoms with Crippen molar-refractivity contribution in [3.8, 4) is 22.6 Å². The number of likely N-dealkylation sites (N-methyl/N-ethyl adjacent to an activating group) is 1. The lowest BCUT2D eigenvalue weighted by atomic mass is 9.98. The fourth-order valence-corrected chi connectivity index (χ4v) is 3.93. The maximum atomic E-state index is 13.8. The molecule has 3 N–H and O–H groups in total. The van der Waals surface area contributed by atoms with E-state index < -0.39 is 23.2 Å². The number of carbonyl (C=O) groups excluding carboxylic acids is 2. The van der Waals surface area contributed by atoms with Crippen LogP contribution in [0.25, 0.3) is 33.5 Å². The fourth-order valence-electron chi connectivity index (χ4n) is 3.93. The van der Waals surface area contributed by atoms with E-state index in [0.717, 1.165) is 0 Å². The first kappa shape index (κ1) is 20.7. The maximum absolute atomic E-state index is 13.8. The molecule has 2 aromatic heterocycles. The molecular weight excluding hydrogens is 429 g/mol. The van der Waals surface area contributed by atoms with Crippen LogP contribution in [0.15, 0.2) is 53.1 Å². The summed E-state index contributed by atoms with van der Waals surface area (Å²) in [5.41, 5.74) is 5.48. The topological polar surface area (TPSA) is 135 Å². The van der Waals surface area contributed by atoms with Gasteiger partial charge in [-0.25, -0.2) is 14.4 Å². The molecular formula is C23H18FN5O4. The zero-order chi connectivity index (χ0) is 23.3. The van der Waals surface area contributed by atoms with Gasteiger partial charge < -0.3 is 20.3 Å². The predicted molar refractivity (Wildman–Crippen MR) is 115 cm³/mol. The van der Waals surface area contributed by atoms with E-state index >= 15 is 0 Å². The maximum Gasteiger partial charge on any atom is 0.268 e. The normalized spacial score (nSPS) is 18.3. The van der Waals surface area contributed by atoms with Crippen molar-refractivity contribution < 1.29 is 23.6 Å². The molecule has 1 fully saturated rings. The van der Waals surface area contributed by atoms with Gasteiger partial charge in [-0.1, -0.05) is 23.4 Å². The molecule has 33 heavy (non-hydrogen) atoms. The summed E-state index contributed by atoms with van der Waals surface area (Å²) in [6, 6.07) is 12.3. The minimum atomic E-state index is -1.75. The summed E-state index contributed by atoms with van der Waals surface area (Å²) in [6.07, 6.45) is 0.203. The Labute approximate surface area is 186 Å². The van der Waals surface area contributed by atoms with Gasteiger partial charge in [0.25, 0.3) is 11.8 Å². The Balaban J connectivity index is 1.56. The third-order valence-electron chi connectivity index (χ3n) is 5.74. The van der Waals surface area contributed by atoms with E-state index in [1.807, 2.05) is 0 Å². The van der Waals surface area contributed by atoms with Gasteiger partial charge >= 0.3 is 0 Å². The molecule has 1 aliphatic rings. The Bertz CT molecular complexity index is 1440. The van der Waals surface area contributed by atoms with Crippen LogP contribution in [0.2, 0.25) is 0 Å². The van der Waals surface area contributed by atoms with E-state index in [2.05, 4.69) is 15.1 Å². The van der Waals surface area contributed by atoms with Crippen LogP contribution in [0.3, 0.4) is 0 Å². The molecule has 1 saturated heterocycles. The summed E-state index contributed by atoms with van der Waals surface area (Å²) in [5, 5.41) is 15.1. The molecule has 0 spiro atoms. The molecule has 5 rings (SSSR count). The lowest BCUT2D eigenvalue weighted by Crippen LogP contribution is -2.35. The molecule has 9 nitrogen and oxygen atoms in total. The molecule has 166 valence electrons. The number of nitrogens with two attached hydrogens (primary N) is 1. The zero-order valence-electron chi connectivity index (χ0n) is 17.4. The highest BCUT2D eigenvalue weighted by Crippen LogP contribution is 2.35. The number of carbonyl (C=O) groups is 2. The molecule has 2 aromatic carbocycles. The monoisotopic (exact) mass is 447 g/mol. The zero-order valence-corrected chi connectivity index (χ0v) is 17.4. The van der Waals surface area contributed by atoms with E-state index in [1.165, 1.54) is 29.2 Å². The summed E-state index contributed by atoms with van der Waals surface area (Å²) < 4.78 is 19.1. The number of likely N-dealkylation sites (tertiary alicyclic amines) is 1. The van der Waals surface area contributed by atoms with Crippen molar-refractivity contribution in [2.24, 2.45) is 5.73 Å². The number of aliphatic hydroxyl groups is 1. The standard InChI is InChI=1S/C23H18FN5O4/c1-29-8-7-23(32,22(29)31)18-11-16(28-33-18)12-3-2-4-13(9-12)21-26-17-10-14(24)5-6-15(17)19(27-21)20(25)30/h2-6,9-11,32H,7-8H2,1H3,(H2,25,30)/t23-/m1/s1. The van der Waals surface area contributed by atoms with Gasteiger partial charge in [-0.2, -0.15) is 0 Å². The minimum absolute atomic E-state index is 0.0183.